The van der Waals surface area contributed by atoms with Gasteiger partial charge in [0.2, 0.25) is 0 Å². The van der Waals surface area contributed by atoms with Crippen molar-refractivity contribution >= 4 is 23.8 Å². The fourth-order valence-electron chi connectivity index (χ4n) is 4.66. The summed E-state index contributed by atoms with van der Waals surface area (Å²) in [7, 11) is 0. The van der Waals surface area contributed by atoms with Crippen LogP contribution in [0.4, 0.5) is 4.79 Å². The number of hydrogen-bond acceptors (Lipinski definition) is 5. The lowest BCUT2D eigenvalue weighted by Crippen LogP contribution is -2.58. The summed E-state index contributed by atoms with van der Waals surface area (Å²) in [5.74, 6) is -1.05. The Hall–Kier alpha value is -4.14. The molecule has 9 heteroatoms. The van der Waals surface area contributed by atoms with Crippen molar-refractivity contribution in [2.24, 2.45) is 5.92 Å². The molecule has 0 aliphatic carbocycles. The quantitative estimate of drug-likeness (QED) is 0.313. The van der Waals surface area contributed by atoms with Crippen molar-refractivity contribution in [1.29, 1.82) is 0 Å². The Labute approximate surface area is 255 Å². The van der Waals surface area contributed by atoms with Gasteiger partial charge in [-0.1, -0.05) is 77.1 Å². The maximum absolute atomic E-state index is 13.6. The molecule has 43 heavy (non-hydrogen) atoms. The third kappa shape index (κ3) is 9.70. The van der Waals surface area contributed by atoms with Crippen molar-refractivity contribution in [3.63, 3.8) is 0 Å². The van der Waals surface area contributed by atoms with Gasteiger partial charge in [0.1, 0.15) is 11.6 Å². The molecule has 4 amide bonds. The average molecular weight is 591 g/mol. The molecular weight excluding hydrogens is 544 g/mol. The molecule has 2 N–H and O–H groups in total. The molecule has 0 aromatic heterocycles. The van der Waals surface area contributed by atoms with Crippen molar-refractivity contribution in [2.75, 3.05) is 13.1 Å². The molecule has 0 spiro atoms. The van der Waals surface area contributed by atoms with E-state index in [0.717, 1.165) is 10.6 Å². The third-order valence-electron chi connectivity index (χ3n) is 6.91. The molecule has 0 unspecified atom stereocenters. The third-order valence-corrected chi connectivity index (χ3v) is 6.91. The summed E-state index contributed by atoms with van der Waals surface area (Å²) >= 11 is 0. The molecule has 2 aromatic carbocycles. The van der Waals surface area contributed by atoms with Gasteiger partial charge in [0, 0.05) is 17.7 Å². The smallest absolute Gasteiger partial charge is 0.429 e. The van der Waals surface area contributed by atoms with E-state index < -0.39 is 29.7 Å². The molecule has 0 radical (unpaired) electrons. The van der Waals surface area contributed by atoms with Crippen LogP contribution in [0.25, 0.3) is 0 Å². The van der Waals surface area contributed by atoms with Gasteiger partial charge in [0.05, 0.1) is 12.6 Å². The Kier molecular flexibility index (Phi) is 10.8. The maximum Gasteiger partial charge on any atom is 0.429 e. The fourth-order valence-corrected chi connectivity index (χ4v) is 4.66. The highest BCUT2D eigenvalue weighted by molar-refractivity contribution is 5.98. The Morgan fingerprint density at radius 1 is 0.930 bits per heavy atom. The van der Waals surface area contributed by atoms with E-state index in [2.05, 4.69) is 31.5 Å². The average Bonchev–Trinajstić information content (AvgIpc) is 3.38. The number of carbonyl (C=O) groups is 4. The first-order valence-corrected chi connectivity index (χ1v) is 14.8. The molecule has 1 aliphatic heterocycles. The first-order chi connectivity index (χ1) is 20.0. The Bertz CT molecular complexity index is 1310. The molecule has 1 heterocycles. The van der Waals surface area contributed by atoms with Crippen LogP contribution in [0.15, 0.2) is 66.7 Å². The molecule has 2 atom stereocenters. The highest BCUT2D eigenvalue weighted by Gasteiger charge is 2.33. The van der Waals surface area contributed by atoms with E-state index in [1.165, 1.54) is 0 Å². The minimum Gasteiger partial charge on any atom is -0.442 e. The highest BCUT2D eigenvalue weighted by atomic mass is 16.6. The van der Waals surface area contributed by atoms with E-state index in [4.69, 9.17) is 4.74 Å². The van der Waals surface area contributed by atoms with E-state index in [0.29, 0.717) is 24.1 Å². The topological polar surface area (TPSA) is 108 Å². The summed E-state index contributed by atoms with van der Waals surface area (Å²) in [5, 5.41) is 3.94. The number of hydrazine groups is 1. The number of carbonyl (C=O) groups excluding carboxylic acids is 4. The predicted molar refractivity (Wildman–Crippen MR) is 167 cm³/mol. The van der Waals surface area contributed by atoms with Crippen LogP contribution in [-0.4, -0.2) is 64.5 Å². The zero-order valence-electron chi connectivity index (χ0n) is 26.6. The van der Waals surface area contributed by atoms with Crippen LogP contribution in [0.3, 0.4) is 0 Å². The standard InChI is InChI=1S/C34H46N4O5/c1-23(2)21-28(35-29(39)24-16-18-26(19-17-24)33(3,4)5)30(40)36-38(32(42)43-34(6,7)8)22-27-15-12-20-37(27)31(41)25-13-10-9-11-14-25/h9-19,23,27-28H,20-22H2,1-8H3,(H,35,39)(H,36,40)/t27-,28+/m1/s1. The molecule has 0 fully saturated rings. The lowest BCUT2D eigenvalue weighted by Gasteiger charge is -2.33. The van der Waals surface area contributed by atoms with E-state index in [1.54, 1.807) is 62.1 Å². The van der Waals surface area contributed by atoms with Crippen molar-refractivity contribution < 1.29 is 23.9 Å². The lowest BCUT2D eigenvalue weighted by atomic mass is 9.86. The van der Waals surface area contributed by atoms with Crippen LogP contribution < -0.4 is 10.7 Å². The van der Waals surface area contributed by atoms with Gasteiger partial charge < -0.3 is 15.0 Å². The maximum atomic E-state index is 13.6. The van der Waals surface area contributed by atoms with E-state index in [1.807, 2.05) is 44.2 Å². The zero-order valence-corrected chi connectivity index (χ0v) is 26.6. The number of ether oxygens (including phenoxy) is 1. The Balaban J connectivity index is 1.80. The van der Waals surface area contributed by atoms with E-state index in [9.17, 15) is 19.2 Å². The first-order valence-electron chi connectivity index (χ1n) is 14.8. The highest BCUT2D eigenvalue weighted by Crippen LogP contribution is 2.22. The zero-order chi connectivity index (χ0) is 31.9. The predicted octanol–water partition coefficient (Wildman–Crippen LogP) is 5.48. The number of rotatable bonds is 8. The number of hydrogen-bond donors (Lipinski definition) is 2. The molecule has 9 nitrogen and oxygen atoms in total. The van der Waals surface area contributed by atoms with Crippen molar-refractivity contribution in [1.82, 2.24) is 20.7 Å². The molecule has 2 aromatic rings. The van der Waals surface area contributed by atoms with Gasteiger partial charge in [-0.05, 0) is 68.4 Å². The van der Waals surface area contributed by atoms with Crippen LogP contribution in [0.1, 0.15) is 88.1 Å². The summed E-state index contributed by atoms with van der Waals surface area (Å²) < 4.78 is 5.60. The van der Waals surface area contributed by atoms with Crippen LogP contribution in [0.2, 0.25) is 0 Å². The second-order valence-electron chi connectivity index (χ2n) is 13.4. The van der Waals surface area contributed by atoms with Crippen LogP contribution in [0.5, 0.6) is 0 Å². The minimum atomic E-state index is -0.916. The van der Waals surface area contributed by atoms with Crippen LogP contribution in [-0.2, 0) is 14.9 Å². The molecule has 232 valence electrons. The summed E-state index contributed by atoms with van der Waals surface area (Å²) in [6, 6.07) is 14.8. The van der Waals surface area contributed by atoms with Crippen molar-refractivity contribution in [2.45, 2.75) is 84.9 Å². The summed E-state index contributed by atoms with van der Waals surface area (Å²) in [6.07, 6.45) is 3.27. The number of nitrogens with one attached hydrogen (secondary N) is 2. The second kappa shape index (κ2) is 13.9. The molecule has 0 bridgehead atoms. The van der Waals surface area contributed by atoms with Gasteiger partial charge in [0.15, 0.2) is 0 Å². The SMILES string of the molecule is CC(C)C[C@H](NC(=O)c1ccc(C(C)(C)C)cc1)C(=O)NN(C[C@H]1C=CCN1C(=O)c1ccccc1)C(=O)OC(C)(C)C. The number of benzene rings is 2. The van der Waals surface area contributed by atoms with E-state index >= 15 is 0 Å². The minimum absolute atomic E-state index is 0.0354. The summed E-state index contributed by atoms with van der Waals surface area (Å²) in [5.41, 5.74) is 3.86. The lowest BCUT2D eigenvalue weighted by molar-refractivity contribution is -0.128. The van der Waals surface area contributed by atoms with Gasteiger partial charge in [-0.3, -0.25) is 19.8 Å². The molecule has 1 aliphatic rings. The number of amides is 4. The van der Waals surface area contributed by atoms with Gasteiger partial charge in [0.25, 0.3) is 17.7 Å². The van der Waals surface area contributed by atoms with Gasteiger partial charge in [-0.25, -0.2) is 9.80 Å². The van der Waals surface area contributed by atoms with Gasteiger partial charge in [-0.15, -0.1) is 0 Å². The van der Waals surface area contributed by atoms with E-state index in [-0.39, 0.29) is 29.7 Å². The second-order valence-corrected chi connectivity index (χ2v) is 13.4. The molecule has 0 saturated heterocycles. The van der Waals surface area contributed by atoms with Crippen molar-refractivity contribution in [3.8, 4) is 0 Å². The van der Waals surface area contributed by atoms with Crippen molar-refractivity contribution in [3.05, 3.63) is 83.4 Å². The number of nitrogens with zero attached hydrogens (tertiary/aromatic N) is 2. The first kappa shape index (κ1) is 33.4. The molecule has 3 rings (SSSR count). The summed E-state index contributed by atoms with van der Waals surface area (Å²) in [4.78, 5) is 55.0. The monoisotopic (exact) mass is 590 g/mol. The van der Waals surface area contributed by atoms with Gasteiger partial charge >= 0.3 is 6.09 Å². The normalized spacial score (nSPS) is 15.7. The molecule has 0 saturated carbocycles. The fraction of sp³-hybridized carbons (Fsp3) is 0.471. The Morgan fingerprint density at radius 3 is 2.12 bits per heavy atom. The van der Waals surface area contributed by atoms with Crippen LogP contribution >= 0.6 is 0 Å². The summed E-state index contributed by atoms with van der Waals surface area (Å²) in [6.45, 7) is 15.7. The van der Waals surface area contributed by atoms with Gasteiger partial charge in [-0.2, -0.15) is 0 Å². The molecular formula is C34H46N4O5. The Morgan fingerprint density at radius 2 is 1.56 bits per heavy atom. The largest absolute Gasteiger partial charge is 0.442 e. The van der Waals surface area contributed by atoms with Crippen LogP contribution in [0, 0.1) is 5.92 Å².